The van der Waals surface area contributed by atoms with Gasteiger partial charge in [-0.25, -0.2) is 0 Å². The van der Waals surface area contributed by atoms with Gasteiger partial charge < -0.3 is 4.98 Å². The molecule has 2 heteroatoms. The summed E-state index contributed by atoms with van der Waals surface area (Å²) in [6, 6.07) is 4.09. The van der Waals surface area contributed by atoms with E-state index in [1.54, 1.807) is 0 Å². The number of hydrogen-bond donors (Lipinski definition) is 1. The van der Waals surface area contributed by atoms with E-state index in [1.165, 1.54) is 24.6 Å². The first-order valence-corrected chi connectivity index (χ1v) is 8.36. The van der Waals surface area contributed by atoms with Crippen molar-refractivity contribution in [1.29, 1.82) is 0 Å². The maximum atomic E-state index is 3.94. The lowest BCUT2D eigenvalue weighted by molar-refractivity contribution is 0.442. The minimum atomic E-state index is -1.12. The highest BCUT2D eigenvalue weighted by molar-refractivity contribution is 6.77. The third kappa shape index (κ3) is 3.82. The van der Waals surface area contributed by atoms with Crippen LogP contribution < -0.4 is 4.98 Å². The lowest BCUT2D eigenvalue weighted by Crippen LogP contribution is -2.58. The Kier molecular flexibility index (Phi) is 5.23. The zero-order valence-corrected chi connectivity index (χ0v) is 11.3. The molecule has 0 rings (SSSR count). The monoisotopic (exact) mass is 201 g/mol. The molecule has 0 aromatic rings. The highest BCUT2D eigenvalue weighted by Crippen LogP contribution is 2.21. The zero-order chi connectivity index (χ0) is 10.5. The van der Waals surface area contributed by atoms with E-state index < -0.39 is 8.24 Å². The van der Waals surface area contributed by atoms with E-state index in [0.29, 0.717) is 5.54 Å². The molecule has 0 aliphatic heterocycles. The standard InChI is InChI=1S/C11H27NSi/c1-7-11(5,6)12-13(8-2,9-3)10-4/h12H,7-10H2,1-6H3. The van der Waals surface area contributed by atoms with Crippen molar-refractivity contribution in [3.63, 3.8) is 0 Å². The fourth-order valence-corrected chi connectivity index (χ4v) is 5.46. The predicted molar refractivity (Wildman–Crippen MR) is 64.7 cm³/mol. The summed E-state index contributed by atoms with van der Waals surface area (Å²) in [5.74, 6) is 0. The fraction of sp³-hybridized carbons (Fsp3) is 1.00. The molecule has 0 aromatic heterocycles. The normalized spacial score (nSPS) is 13.4. The third-order valence-electron chi connectivity index (χ3n) is 3.52. The van der Waals surface area contributed by atoms with Gasteiger partial charge in [0.25, 0.3) is 0 Å². The Morgan fingerprint density at radius 1 is 0.923 bits per heavy atom. The van der Waals surface area contributed by atoms with E-state index >= 15 is 0 Å². The van der Waals surface area contributed by atoms with Gasteiger partial charge in [0, 0.05) is 5.54 Å². The van der Waals surface area contributed by atoms with Gasteiger partial charge in [-0.15, -0.1) is 0 Å². The van der Waals surface area contributed by atoms with Gasteiger partial charge in [-0.3, -0.25) is 0 Å². The summed E-state index contributed by atoms with van der Waals surface area (Å²) in [5, 5.41) is 0. The molecule has 0 saturated heterocycles. The molecule has 1 nitrogen and oxygen atoms in total. The van der Waals surface area contributed by atoms with Gasteiger partial charge in [0.05, 0.1) is 0 Å². The summed E-state index contributed by atoms with van der Waals surface area (Å²) < 4.78 is 0. The molecule has 13 heavy (non-hydrogen) atoms. The zero-order valence-electron chi connectivity index (χ0n) is 10.3. The maximum absolute atomic E-state index is 3.94. The molecule has 0 aliphatic carbocycles. The second kappa shape index (κ2) is 5.16. The molecule has 0 unspecified atom stereocenters. The van der Waals surface area contributed by atoms with Crippen LogP contribution >= 0.6 is 0 Å². The van der Waals surface area contributed by atoms with Crippen molar-refractivity contribution in [1.82, 2.24) is 4.98 Å². The molecule has 0 aliphatic rings. The fourth-order valence-electron chi connectivity index (χ4n) is 1.82. The molecular weight excluding hydrogens is 174 g/mol. The molecule has 80 valence electrons. The van der Waals surface area contributed by atoms with Crippen molar-refractivity contribution in [2.75, 3.05) is 0 Å². The Morgan fingerprint density at radius 2 is 1.31 bits per heavy atom. The van der Waals surface area contributed by atoms with Crippen molar-refractivity contribution >= 4 is 8.24 Å². The van der Waals surface area contributed by atoms with Gasteiger partial charge in [0.2, 0.25) is 0 Å². The van der Waals surface area contributed by atoms with Crippen LogP contribution in [0, 0.1) is 0 Å². The van der Waals surface area contributed by atoms with Crippen LogP contribution in [0.3, 0.4) is 0 Å². The van der Waals surface area contributed by atoms with Gasteiger partial charge in [0.1, 0.15) is 8.24 Å². The van der Waals surface area contributed by atoms with Crippen LogP contribution in [0.2, 0.25) is 18.1 Å². The van der Waals surface area contributed by atoms with Gasteiger partial charge in [-0.2, -0.15) is 0 Å². The molecule has 0 amide bonds. The Balaban J connectivity index is 4.41. The van der Waals surface area contributed by atoms with E-state index in [-0.39, 0.29) is 0 Å². The SMILES string of the molecule is CCC(C)(C)N[Si](CC)(CC)CC. The smallest absolute Gasteiger partial charge is 0.125 e. The maximum Gasteiger partial charge on any atom is 0.125 e. The van der Waals surface area contributed by atoms with Crippen LogP contribution in [-0.2, 0) is 0 Å². The first kappa shape index (κ1) is 13.2. The lowest BCUT2D eigenvalue weighted by atomic mass is 10.0. The second-order valence-corrected chi connectivity index (χ2v) is 9.64. The average molecular weight is 201 g/mol. The van der Waals surface area contributed by atoms with Crippen molar-refractivity contribution in [2.45, 2.75) is 71.6 Å². The van der Waals surface area contributed by atoms with Crippen LogP contribution in [0.1, 0.15) is 48.0 Å². The second-order valence-electron chi connectivity index (χ2n) is 4.70. The van der Waals surface area contributed by atoms with E-state index in [0.717, 1.165) is 0 Å². The molecule has 0 radical (unpaired) electrons. The van der Waals surface area contributed by atoms with Crippen molar-refractivity contribution < 1.29 is 0 Å². The van der Waals surface area contributed by atoms with E-state index in [2.05, 4.69) is 46.5 Å². The van der Waals surface area contributed by atoms with Crippen molar-refractivity contribution in [3.05, 3.63) is 0 Å². The largest absolute Gasteiger partial charge is 0.332 e. The summed E-state index contributed by atoms with van der Waals surface area (Å²) >= 11 is 0. The van der Waals surface area contributed by atoms with Gasteiger partial charge in [-0.05, 0) is 38.4 Å². The number of rotatable bonds is 6. The van der Waals surface area contributed by atoms with Crippen molar-refractivity contribution in [2.24, 2.45) is 0 Å². The minimum absolute atomic E-state index is 0.342. The highest BCUT2D eigenvalue weighted by Gasteiger charge is 2.32. The van der Waals surface area contributed by atoms with Gasteiger partial charge in [-0.1, -0.05) is 27.7 Å². The van der Waals surface area contributed by atoms with Crippen LogP contribution in [0.15, 0.2) is 0 Å². The third-order valence-corrected chi connectivity index (χ3v) is 8.79. The van der Waals surface area contributed by atoms with Gasteiger partial charge in [0.15, 0.2) is 0 Å². The molecule has 0 aromatic carbocycles. The van der Waals surface area contributed by atoms with Gasteiger partial charge >= 0.3 is 0 Å². The predicted octanol–water partition coefficient (Wildman–Crippen LogP) is 3.77. The molecule has 0 saturated carbocycles. The van der Waals surface area contributed by atoms with E-state index in [9.17, 15) is 0 Å². The van der Waals surface area contributed by atoms with Crippen LogP contribution in [0.5, 0.6) is 0 Å². The summed E-state index contributed by atoms with van der Waals surface area (Å²) in [6.45, 7) is 14.0. The molecular formula is C11H27NSi. The van der Waals surface area contributed by atoms with Crippen LogP contribution in [0.4, 0.5) is 0 Å². The van der Waals surface area contributed by atoms with Crippen LogP contribution in [-0.4, -0.2) is 13.8 Å². The minimum Gasteiger partial charge on any atom is -0.332 e. The average Bonchev–Trinajstić information content (AvgIpc) is 2.14. The summed E-state index contributed by atoms with van der Waals surface area (Å²) in [5.41, 5.74) is 0.342. The molecule has 0 heterocycles. The number of hydrogen-bond acceptors (Lipinski definition) is 1. The summed E-state index contributed by atoms with van der Waals surface area (Å²) in [6.07, 6.45) is 1.22. The quantitative estimate of drug-likeness (QED) is 0.645. The first-order valence-electron chi connectivity index (χ1n) is 5.74. The topological polar surface area (TPSA) is 12.0 Å². The van der Waals surface area contributed by atoms with E-state index in [1.807, 2.05) is 0 Å². The van der Waals surface area contributed by atoms with E-state index in [4.69, 9.17) is 0 Å². The highest BCUT2D eigenvalue weighted by atomic mass is 28.3. The molecule has 0 spiro atoms. The van der Waals surface area contributed by atoms with Crippen molar-refractivity contribution in [3.8, 4) is 0 Å². The Bertz CT molecular complexity index is 131. The summed E-state index contributed by atoms with van der Waals surface area (Å²) in [4.78, 5) is 3.94. The Labute approximate surface area is 85.4 Å². The molecule has 0 atom stereocenters. The first-order chi connectivity index (χ1) is 5.95. The Morgan fingerprint density at radius 3 is 1.54 bits per heavy atom. The lowest BCUT2D eigenvalue weighted by Gasteiger charge is -2.38. The summed E-state index contributed by atoms with van der Waals surface area (Å²) in [7, 11) is -1.12. The number of nitrogens with one attached hydrogen (secondary N) is 1. The molecule has 0 bridgehead atoms. The Hall–Kier alpha value is 0.177. The molecule has 0 fully saturated rings. The van der Waals surface area contributed by atoms with Crippen LogP contribution in [0.25, 0.3) is 0 Å². The molecule has 1 N–H and O–H groups in total.